The second-order valence-corrected chi connectivity index (χ2v) is 15.2. The molecule has 2 aromatic rings. The number of phenols is 4. The third kappa shape index (κ3) is 6.81. The van der Waals surface area contributed by atoms with Gasteiger partial charge in [-0.25, -0.2) is 9.59 Å². The van der Waals surface area contributed by atoms with E-state index in [1.54, 1.807) is 12.2 Å². The molecule has 5 heterocycles. The molecule has 320 valence electrons. The highest BCUT2D eigenvalue weighted by Gasteiger charge is 2.78. The molecule has 5 fully saturated rings. The average molecular weight is 835 g/mol. The molecule has 2 saturated carbocycles. The van der Waals surface area contributed by atoms with E-state index in [-0.39, 0.29) is 29.4 Å². The number of hydrogen-bond donors (Lipinski definition) is 11. The Morgan fingerprint density at radius 1 is 0.627 bits per heavy atom. The molecule has 9 rings (SSSR count). The topological polar surface area (TPSA) is 337 Å². The summed E-state index contributed by atoms with van der Waals surface area (Å²) in [5.74, 6) is -5.30. The summed E-state index contributed by atoms with van der Waals surface area (Å²) in [5, 5.41) is 108. The quantitative estimate of drug-likeness (QED) is 0.0709. The number of fused-ring (bicyclic) bond motifs is 6. The van der Waals surface area contributed by atoms with E-state index in [0.717, 1.165) is 18.2 Å². The van der Waals surface area contributed by atoms with Crippen LogP contribution >= 0.6 is 0 Å². The van der Waals surface area contributed by atoms with Crippen LogP contribution in [0.3, 0.4) is 0 Å². The van der Waals surface area contributed by atoms with Crippen LogP contribution in [-0.4, -0.2) is 167 Å². The third-order valence-electron chi connectivity index (χ3n) is 12.0. The lowest BCUT2D eigenvalue weighted by atomic mass is 9.85. The van der Waals surface area contributed by atoms with Crippen LogP contribution in [0.25, 0.3) is 0 Å². The lowest BCUT2D eigenvalue weighted by Gasteiger charge is -2.43. The van der Waals surface area contributed by atoms with Gasteiger partial charge in [-0.1, -0.05) is 0 Å². The molecule has 5 aliphatic heterocycles. The van der Waals surface area contributed by atoms with Crippen molar-refractivity contribution < 1.29 is 104 Å². The zero-order valence-corrected chi connectivity index (χ0v) is 30.6. The average Bonchev–Trinajstić information content (AvgIpc) is 4.11. The molecular weight excluding hydrogens is 792 g/mol. The summed E-state index contributed by atoms with van der Waals surface area (Å²) in [7, 11) is 0. The smallest absolute Gasteiger partial charge is 0.338 e. The summed E-state index contributed by atoms with van der Waals surface area (Å²) >= 11 is 0. The van der Waals surface area contributed by atoms with E-state index in [4.69, 9.17) is 37.9 Å². The molecule has 21 heteroatoms. The van der Waals surface area contributed by atoms with Gasteiger partial charge in [0.25, 0.3) is 0 Å². The van der Waals surface area contributed by atoms with Crippen molar-refractivity contribution in [3.63, 3.8) is 0 Å². The van der Waals surface area contributed by atoms with E-state index >= 15 is 0 Å². The Balaban J connectivity index is 0.000000176. The van der Waals surface area contributed by atoms with Crippen LogP contribution in [0.4, 0.5) is 0 Å². The highest BCUT2D eigenvalue weighted by molar-refractivity contribution is 5.91. The number of aliphatic hydroxyl groups is 7. The van der Waals surface area contributed by atoms with Gasteiger partial charge in [0.2, 0.25) is 12.6 Å². The van der Waals surface area contributed by atoms with Crippen molar-refractivity contribution in [3.05, 3.63) is 72.2 Å². The molecule has 2 aliphatic carbocycles. The van der Waals surface area contributed by atoms with Gasteiger partial charge in [0.15, 0.2) is 29.3 Å². The summed E-state index contributed by atoms with van der Waals surface area (Å²) in [6.45, 7) is -1.42. The number of aliphatic hydroxyl groups excluding tert-OH is 7. The Morgan fingerprint density at radius 3 is 1.64 bits per heavy atom. The van der Waals surface area contributed by atoms with Crippen molar-refractivity contribution in [2.24, 2.45) is 23.7 Å². The standard InChI is InChI=1S/C22H26O13.C16H16O8/c23-6-12-14(27)15(28)16(29)21(32-12)34-20-13-9(3-4-31-20)17(18-22(13,7-24)35-18)33-19(30)8-1-2-10(25)11(26)5-8;17-6-16-11-8(3-4-22-15(11)21)12(13(16)24-16)23-14(20)7-1-2-9(18)10(19)5-7/h1-5,9,12-18,20-21,23-29H,6-7H2;1-5,8,11-13,15,17-19,21H,6H2/t9-,12-,13-,14-,15+,16-,17+,18+,20+,21?,22-;8-,11-,12+,13+,15-,16-/m11/s1. The predicted molar refractivity (Wildman–Crippen MR) is 186 cm³/mol. The number of phenolic OH excluding ortho intramolecular Hbond substituents is 4. The van der Waals surface area contributed by atoms with Gasteiger partial charge in [-0.05, 0) is 48.6 Å². The Bertz CT molecular complexity index is 1990. The lowest BCUT2D eigenvalue weighted by molar-refractivity contribution is -0.344. The largest absolute Gasteiger partial charge is 0.504 e. The van der Waals surface area contributed by atoms with Crippen LogP contribution in [-0.2, 0) is 37.9 Å². The summed E-state index contributed by atoms with van der Waals surface area (Å²) in [5.41, 5.74) is -2.10. The van der Waals surface area contributed by atoms with E-state index < -0.39 is 139 Å². The third-order valence-corrected chi connectivity index (χ3v) is 12.0. The lowest BCUT2D eigenvalue weighted by Crippen LogP contribution is -2.60. The van der Waals surface area contributed by atoms with Gasteiger partial charge in [0, 0.05) is 11.8 Å². The number of carbonyl (C=O) groups is 2. The summed E-state index contributed by atoms with van der Waals surface area (Å²) < 4.78 is 44.2. The maximum atomic E-state index is 12.7. The Hall–Kier alpha value is -4.78. The monoisotopic (exact) mass is 834 g/mol. The molecule has 3 saturated heterocycles. The summed E-state index contributed by atoms with van der Waals surface area (Å²) in [6.07, 6.45) is -6.75. The fourth-order valence-corrected chi connectivity index (χ4v) is 8.86. The number of esters is 2. The normalized spacial score (nSPS) is 41.7. The molecular formula is C38H42O21. The molecule has 0 spiro atoms. The van der Waals surface area contributed by atoms with E-state index in [9.17, 15) is 65.8 Å². The molecule has 7 aliphatic rings. The fraction of sp³-hybridized carbons (Fsp3) is 0.526. The summed E-state index contributed by atoms with van der Waals surface area (Å²) in [6, 6.07) is 7.10. The predicted octanol–water partition coefficient (Wildman–Crippen LogP) is -2.45. The first kappa shape index (κ1) is 41.0. The first-order chi connectivity index (χ1) is 28.2. The number of rotatable bonds is 9. The van der Waals surface area contributed by atoms with Crippen LogP contribution in [0.15, 0.2) is 61.1 Å². The SMILES string of the molecule is O=C(O[C@H]1[C@@H]2C=CO[C@@H](O)[C@@H]2[C@@]2(CO)O[C@@H]12)c1ccc(O)c(O)c1.O=C(O[C@H]1[C@@H]2C=CO[C@@H](OC3O[C@H](CO)[C@@H](O)[C@H](O)[C@H]3O)[C@@H]2[C@@]2(CO)O[C@@H]12)c1ccc(O)c(O)c1. The molecule has 59 heavy (non-hydrogen) atoms. The van der Waals surface area contributed by atoms with E-state index in [2.05, 4.69) is 0 Å². The van der Waals surface area contributed by atoms with Gasteiger partial charge in [0.1, 0.15) is 60.0 Å². The highest BCUT2D eigenvalue weighted by atomic mass is 16.8. The first-order valence-electron chi connectivity index (χ1n) is 18.5. The highest BCUT2D eigenvalue weighted by Crippen LogP contribution is 2.61. The molecule has 1 unspecified atom stereocenters. The van der Waals surface area contributed by atoms with Crippen LogP contribution < -0.4 is 0 Å². The van der Waals surface area contributed by atoms with Crippen LogP contribution in [0.5, 0.6) is 23.0 Å². The van der Waals surface area contributed by atoms with Crippen molar-refractivity contribution in [3.8, 4) is 23.0 Å². The minimum atomic E-state index is -1.67. The van der Waals surface area contributed by atoms with E-state index in [0.29, 0.717) is 0 Å². The minimum absolute atomic E-state index is 0.0100. The molecule has 0 aromatic heterocycles. The second kappa shape index (κ2) is 15.4. The Labute approximate surface area is 333 Å². The zero-order valence-electron chi connectivity index (χ0n) is 30.6. The van der Waals surface area contributed by atoms with Crippen molar-refractivity contribution >= 4 is 11.9 Å². The van der Waals surface area contributed by atoms with Gasteiger partial charge in [-0.15, -0.1) is 0 Å². The molecule has 11 N–H and O–H groups in total. The Morgan fingerprint density at radius 2 is 1.14 bits per heavy atom. The summed E-state index contributed by atoms with van der Waals surface area (Å²) in [4.78, 5) is 25.1. The number of epoxide rings is 2. The molecule has 0 radical (unpaired) electrons. The van der Waals surface area contributed by atoms with Gasteiger partial charge in [-0.3, -0.25) is 0 Å². The number of hydrogen-bond acceptors (Lipinski definition) is 21. The van der Waals surface area contributed by atoms with Crippen LogP contribution in [0.2, 0.25) is 0 Å². The molecule has 0 amide bonds. The van der Waals surface area contributed by atoms with Gasteiger partial charge in [0.05, 0.1) is 55.3 Å². The van der Waals surface area contributed by atoms with Crippen molar-refractivity contribution in [1.82, 2.24) is 0 Å². The van der Waals surface area contributed by atoms with Gasteiger partial charge >= 0.3 is 11.9 Å². The first-order valence-corrected chi connectivity index (χ1v) is 18.5. The maximum absolute atomic E-state index is 12.7. The molecule has 21 nitrogen and oxygen atoms in total. The second-order valence-electron chi connectivity index (χ2n) is 15.2. The van der Waals surface area contributed by atoms with Gasteiger partial charge in [-0.2, -0.15) is 0 Å². The fourth-order valence-electron chi connectivity index (χ4n) is 8.86. The molecule has 0 bridgehead atoms. The Kier molecular flexibility index (Phi) is 10.7. The number of aromatic hydroxyl groups is 4. The molecule has 2 aromatic carbocycles. The van der Waals surface area contributed by atoms with E-state index in [1.807, 2.05) is 0 Å². The van der Waals surface area contributed by atoms with Gasteiger partial charge < -0.3 is 94.1 Å². The minimum Gasteiger partial charge on any atom is -0.504 e. The van der Waals surface area contributed by atoms with Crippen LogP contribution in [0, 0.1) is 23.7 Å². The molecule has 17 atom stereocenters. The number of benzene rings is 2. The zero-order chi connectivity index (χ0) is 42.1. The maximum Gasteiger partial charge on any atom is 0.338 e. The van der Waals surface area contributed by atoms with E-state index in [1.165, 1.54) is 30.7 Å². The number of carbonyl (C=O) groups excluding carboxylic acids is 2. The van der Waals surface area contributed by atoms with Crippen molar-refractivity contribution in [2.75, 3.05) is 19.8 Å². The van der Waals surface area contributed by atoms with Crippen molar-refractivity contribution in [1.29, 1.82) is 0 Å². The van der Waals surface area contributed by atoms with Crippen LogP contribution in [0.1, 0.15) is 20.7 Å². The van der Waals surface area contributed by atoms with Crippen molar-refractivity contribution in [2.45, 2.75) is 78.9 Å². The number of ether oxygens (including phenoxy) is 8.